The fraction of sp³-hybridized carbons (Fsp3) is 0.417. The van der Waals surface area contributed by atoms with Gasteiger partial charge in [0.15, 0.2) is 34.7 Å². The standard InChI is InChI=1S/C36H37N3O7/c1-38(2)30-25-16-19-15-24-23(22-10-9-18(17-39-13-5-6-14-39)20-7-3-4-8-21(20)22)11-12-26(40)28(24)31(41)27(19)33(43)36(25,46)34(44)29(32(30)42)35(37)45/h3-4,7-12,19,25,27,29-30,40,46H,5-6,13-17H2,1-2H3,(H2,37,45)/t19-,25-,27?,29?,30?,36-/m0/s1. The number of rotatable bonds is 5. The van der Waals surface area contributed by atoms with Gasteiger partial charge >= 0.3 is 0 Å². The number of benzene rings is 3. The van der Waals surface area contributed by atoms with Gasteiger partial charge in [-0.15, -0.1) is 0 Å². The van der Waals surface area contributed by atoms with Gasteiger partial charge in [-0.1, -0.05) is 42.5 Å². The number of phenolic OH excluding ortho intramolecular Hbond substituents is 1. The van der Waals surface area contributed by atoms with Crippen molar-refractivity contribution in [2.24, 2.45) is 29.4 Å². The molecule has 46 heavy (non-hydrogen) atoms. The molecule has 1 aliphatic heterocycles. The molecule has 1 amide bonds. The normalized spacial score (nSPS) is 29.6. The summed E-state index contributed by atoms with van der Waals surface area (Å²) >= 11 is 0. The average molecular weight is 624 g/mol. The first-order valence-corrected chi connectivity index (χ1v) is 15.9. The number of amides is 1. The molecule has 3 aromatic carbocycles. The molecule has 3 fully saturated rings. The van der Waals surface area contributed by atoms with Crippen LogP contribution in [0.25, 0.3) is 21.9 Å². The second kappa shape index (κ2) is 10.9. The Morgan fingerprint density at radius 1 is 0.957 bits per heavy atom. The lowest BCUT2D eigenvalue weighted by Gasteiger charge is -2.52. The zero-order valence-corrected chi connectivity index (χ0v) is 25.9. The first-order valence-electron chi connectivity index (χ1n) is 15.9. The topological polar surface area (TPSA) is 158 Å². The number of nitrogens with zero attached hydrogens (tertiary/aromatic N) is 2. The Morgan fingerprint density at radius 2 is 1.63 bits per heavy atom. The van der Waals surface area contributed by atoms with Crippen molar-refractivity contribution in [3.05, 3.63) is 65.2 Å². The number of carbonyl (C=O) groups is 5. The Kier molecular flexibility index (Phi) is 7.23. The molecule has 4 aliphatic rings. The van der Waals surface area contributed by atoms with Crippen molar-refractivity contribution in [3.8, 4) is 16.9 Å². The quantitative estimate of drug-likeness (QED) is 0.363. The Balaban J connectivity index is 1.34. The van der Waals surface area contributed by atoms with Crippen LogP contribution in [-0.2, 0) is 32.1 Å². The summed E-state index contributed by atoms with van der Waals surface area (Å²) in [6.07, 6.45) is 2.60. The molecule has 0 radical (unpaired) electrons. The highest BCUT2D eigenvalue weighted by atomic mass is 16.3. The van der Waals surface area contributed by atoms with Gasteiger partial charge in [0.05, 0.1) is 17.5 Å². The molecule has 1 saturated heterocycles. The average Bonchev–Trinajstić information content (AvgIpc) is 3.52. The highest BCUT2D eigenvalue weighted by Crippen LogP contribution is 2.52. The Morgan fingerprint density at radius 3 is 2.30 bits per heavy atom. The van der Waals surface area contributed by atoms with E-state index in [1.807, 2.05) is 24.3 Å². The van der Waals surface area contributed by atoms with Gasteiger partial charge in [-0.05, 0) is 97.9 Å². The molecule has 3 unspecified atom stereocenters. The number of carbonyl (C=O) groups excluding carboxylic acids is 5. The molecule has 0 bridgehead atoms. The minimum atomic E-state index is -2.74. The molecule has 10 heteroatoms. The zero-order valence-electron chi connectivity index (χ0n) is 25.9. The van der Waals surface area contributed by atoms with Crippen molar-refractivity contribution in [2.75, 3.05) is 27.2 Å². The maximum absolute atomic E-state index is 14.2. The van der Waals surface area contributed by atoms with Gasteiger partial charge in [-0.2, -0.15) is 0 Å². The van der Waals surface area contributed by atoms with Crippen molar-refractivity contribution in [1.29, 1.82) is 0 Å². The van der Waals surface area contributed by atoms with Gasteiger partial charge in [-0.25, -0.2) is 0 Å². The third-order valence-electron chi connectivity index (χ3n) is 10.8. The number of Topliss-reactive ketones (excluding diaryl/α,β-unsaturated/α-hetero) is 4. The fourth-order valence-electron chi connectivity index (χ4n) is 8.77. The molecule has 0 aromatic heterocycles. The molecular weight excluding hydrogens is 586 g/mol. The van der Waals surface area contributed by atoms with Crippen LogP contribution < -0.4 is 5.73 Å². The summed E-state index contributed by atoms with van der Waals surface area (Å²) in [5.41, 5.74) is 6.11. The van der Waals surface area contributed by atoms with E-state index in [2.05, 4.69) is 17.0 Å². The maximum atomic E-state index is 14.2. The number of fused-ring (bicyclic) bond motifs is 4. The lowest BCUT2D eigenvalue weighted by molar-refractivity contribution is -0.181. The number of aromatic hydroxyl groups is 1. The summed E-state index contributed by atoms with van der Waals surface area (Å²) in [6, 6.07) is 14.4. The number of nitrogens with two attached hydrogens (primary N) is 1. The van der Waals surface area contributed by atoms with Gasteiger partial charge in [0.1, 0.15) is 5.75 Å². The van der Waals surface area contributed by atoms with E-state index in [1.54, 1.807) is 20.2 Å². The van der Waals surface area contributed by atoms with Gasteiger partial charge in [0.2, 0.25) is 5.91 Å². The number of phenols is 1. The molecule has 238 valence electrons. The lowest BCUT2D eigenvalue weighted by atomic mass is 9.52. The molecule has 0 spiro atoms. The summed E-state index contributed by atoms with van der Waals surface area (Å²) in [6.45, 7) is 2.97. The third kappa shape index (κ3) is 4.30. The van der Waals surface area contributed by atoms with Crippen LogP contribution >= 0.6 is 0 Å². The number of hydrogen-bond acceptors (Lipinski definition) is 9. The van der Waals surface area contributed by atoms with Crippen LogP contribution in [0.2, 0.25) is 0 Å². The van der Waals surface area contributed by atoms with Crippen LogP contribution in [0, 0.1) is 23.7 Å². The van der Waals surface area contributed by atoms with E-state index in [0.29, 0.717) is 5.56 Å². The van der Waals surface area contributed by atoms with E-state index < -0.39 is 64.4 Å². The van der Waals surface area contributed by atoms with E-state index in [1.165, 1.54) is 29.4 Å². The van der Waals surface area contributed by atoms with Crippen molar-refractivity contribution in [3.63, 3.8) is 0 Å². The zero-order chi connectivity index (χ0) is 32.7. The largest absolute Gasteiger partial charge is 0.507 e. The highest BCUT2D eigenvalue weighted by Gasteiger charge is 2.69. The molecule has 3 aromatic rings. The Labute approximate surface area is 266 Å². The minimum absolute atomic E-state index is 0.00526. The van der Waals surface area contributed by atoms with Crippen LogP contribution in [-0.4, -0.2) is 87.9 Å². The molecule has 1 heterocycles. The lowest BCUT2D eigenvalue weighted by Crippen LogP contribution is -2.74. The van der Waals surface area contributed by atoms with Crippen LogP contribution in [0.15, 0.2) is 48.5 Å². The van der Waals surface area contributed by atoms with Gasteiger partial charge < -0.3 is 15.9 Å². The van der Waals surface area contributed by atoms with Crippen LogP contribution in [0.3, 0.4) is 0 Å². The van der Waals surface area contributed by atoms with E-state index >= 15 is 0 Å². The predicted molar refractivity (Wildman–Crippen MR) is 169 cm³/mol. The number of hydrogen-bond donors (Lipinski definition) is 3. The van der Waals surface area contributed by atoms with Crippen LogP contribution in [0.4, 0.5) is 0 Å². The maximum Gasteiger partial charge on any atom is 0.235 e. The molecule has 6 atom stereocenters. The highest BCUT2D eigenvalue weighted by molar-refractivity contribution is 6.32. The Hall–Kier alpha value is -4.25. The summed E-state index contributed by atoms with van der Waals surface area (Å²) in [4.78, 5) is 71.5. The van der Waals surface area contributed by atoms with Gasteiger partial charge in [-0.3, -0.25) is 33.8 Å². The molecular formula is C36H37N3O7. The second-order valence-corrected chi connectivity index (χ2v) is 13.6. The molecule has 10 nitrogen and oxygen atoms in total. The van der Waals surface area contributed by atoms with Crippen molar-refractivity contribution >= 4 is 39.8 Å². The second-order valence-electron chi connectivity index (χ2n) is 13.6. The van der Waals surface area contributed by atoms with Crippen LogP contribution in [0.1, 0.15) is 40.7 Å². The Bertz CT molecular complexity index is 1840. The van der Waals surface area contributed by atoms with Crippen molar-refractivity contribution < 1.29 is 34.2 Å². The molecule has 4 N–H and O–H groups in total. The summed E-state index contributed by atoms with van der Waals surface area (Å²) in [7, 11) is 3.15. The van der Waals surface area contributed by atoms with E-state index in [9.17, 15) is 34.2 Å². The molecule has 7 rings (SSSR count). The molecule has 2 saturated carbocycles. The SMILES string of the molecule is CN(C)C1C(=O)C(C(N)=O)C(=O)[C@@]2(O)C(=O)C3C(=O)c4c(O)ccc(-c5ccc(CN6CCCC6)c6ccccc56)c4C[C@H]3C[C@@H]12. The third-order valence-corrected chi connectivity index (χ3v) is 10.8. The predicted octanol–water partition coefficient (Wildman–Crippen LogP) is 2.28. The number of ketones is 4. The first-order chi connectivity index (χ1) is 21.9. The number of primary amides is 1. The van der Waals surface area contributed by atoms with Crippen molar-refractivity contribution in [2.45, 2.75) is 43.9 Å². The smallest absolute Gasteiger partial charge is 0.235 e. The monoisotopic (exact) mass is 623 g/mol. The van der Waals surface area contributed by atoms with E-state index in [-0.39, 0.29) is 24.2 Å². The van der Waals surface area contributed by atoms with Gasteiger partial charge in [0, 0.05) is 12.5 Å². The summed E-state index contributed by atoms with van der Waals surface area (Å²) in [5, 5.41) is 25.0. The number of likely N-dealkylation sites (tertiary alicyclic amines) is 1. The van der Waals surface area contributed by atoms with Gasteiger partial charge in [0.25, 0.3) is 0 Å². The van der Waals surface area contributed by atoms with Crippen LogP contribution in [0.5, 0.6) is 5.75 Å². The first kappa shape index (κ1) is 30.4. The van der Waals surface area contributed by atoms with E-state index in [0.717, 1.165) is 41.5 Å². The molecule has 3 aliphatic carbocycles. The van der Waals surface area contributed by atoms with Crippen molar-refractivity contribution in [1.82, 2.24) is 9.80 Å². The number of aliphatic hydroxyl groups is 1. The fourth-order valence-corrected chi connectivity index (χ4v) is 8.77. The number of likely N-dealkylation sites (N-methyl/N-ethyl adjacent to an activating group) is 1. The summed E-state index contributed by atoms with van der Waals surface area (Å²) < 4.78 is 0. The summed E-state index contributed by atoms with van der Waals surface area (Å²) in [5.74, 6) is -10.5. The minimum Gasteiger partial charge on any atom is -0.507 e. The van der Waals surface area contributed by atoms with E-state index in [4.69, 9.17) is 5.73 Å².